The maximum absolute atomic E-state index is 12.5. The topological polar surface area (TPSA) is 98.5 Å². The molecule has 2 atom stereocenters. The molecule has 1 saturated heterocycles. The lowest BCUT2D eigenvalue weighted by molar-refractivity contribution is -0.118. The van der Waals surface area contributed by atoms with Crippen LogP contribution in [0.1, 0.15) is 34.6 Å². The lowest BCUT2D eigenvalue weighted by Crippen LogP contribution is -2.25. The second-order valence-corrected chi connectivity index (χ2v) is 7.95. The summed E-state index contributed by atoms with van der Waals surface area (Å²) in [7, 11) is 0. The van der Waals surface area contributed by atoms with Gasteiger partial charge in [-0.3, -0.25) is 14.9 Å². The zero-order valence-electron chi connectivity index (χ0n) is 16.0. The molecule has 8 heteroatoms. The maximum atomic E-state index is 12.5. The number of carbonyl (C=O) groups excluding carboxylic acids is 3. The Morgan fingerprint density at radius 2 is 1.90 bits per heavy atom. The zero-order chi connectivity index (χ0) is 21.1. The highest BCUT2D eigenvalue weighted by molar-refractivity contribution is 8.15. The number of nitrogens with one attached hydrogen (secondary N) is 1. The third-order valence-electron chi connectivity index (χ3n) is 4.62. The first-order valence-corrected chi connectivity index (χ1v) is 10.2. The molecule has 0 bridgehead atoms. The number of nitrogens with zero attached hydrogens (tertiary/aromatic N) is 1. The van der Waals surface area contributed by atoms with Crippen LogP contribution in [0.5, 0.6) is 0 Å². The second kappa shape index (κ2) is 8.54. The third-order valence-corrected chi connectivity index (χ3v) is 5.60. The van der Waals surface area contributed by atoms with Crippen molar-refractivity contribution in [1.82, 2.24) is 10.3 Å². The Balaban J connectivity index is 1.37. The minimum atomic E-state index is -0.581. The SMILES string of the molecule is CC(OC(=O)c1ccc(CC2SC(=O)NC2=O)cc1)c1coc(-c2ccccc2)n1. The summed E-state index contributed by atoms with van der Waals surface area (Å²) in [6.45, 7) is 1.73. The van der Waals surface area contributed by atoms with Crippen molar-refractivity contribution in [1.29, 1.82) is 0 Å². The van der Waals surface area contributed by atoms with Gasteiger partial charge in [0.1, 0.15) is 18.1 Å². The zero-order valence-corrected chi connectivity index (χ0v) is 16.8. The van der Waals surface area contributed by atoms with Crippen LogP contribution in [0.2, 0.25) is 0 Å². The maximum Gasteiger partial charge on any atom is 0.338 e. The summed E-state index contributed by atoms with van der Waals surface area (Å²) in [5.41, 5.74) is 2.60. The standard InChI is InChI=1S/C22H18N2O5S/c1-13(17-12-28-20(23-17)15-5-3-2-4-6-15)29-21(26)16-9-7-14(8-10-16)11-18-19(25)24-22(27)30-18/h2-10,12-13,18H,11H2,1H3,(H,24,25,27). The highest BCUT2D eigenvalue weighted by atomic mass is 32.2. The molecule has 0 aliphatic carbocycles. The van der Waals surface area contributed by atoms with Crippen LogP contribution < -0.4 is 5.32 Å². The van der Waals surface area contributed by atoms with E-state index in [1.165, 1.54) is 6.26 Å². The van der Waals surface area contributed by atoms with Crippen molar-refractivity contribution < 1.29 is 23.5 Å². The lowest BCUT2D eigenvalue weighted by Gasteiger charge is -2.11. The van der Waals surface area contributed by atoms with Gasteiger partial charge in [0.25, 0.3) is 5.24 Å². The van der Waals surface area contributed by atoms with Crippen LogP contribution >= 0.6 is 11.8 Å². The highest BCUT2D eigenvalue weighted by Crippen LogP contribution is 2.25. The summed E-state index contributed by atoms with van der Waals surface area (Å²) in [6.07, 6.45) is 1.31. The number of carbonyl (C=O) groups is 3. The van der Waals surface area contributed by atoms with Crippen LogP contribution in [0.3, 0.4) is 0 Å². The molecule has 2 amide bonds. The number of imide groups is 1. The van der Waals surface area contributed by atoms with E-state index in [1.807, 2.05) is 30.3 Å². The van der Waals surface area contributed by atoms with Gasteiger partial charge >= 0.3 is 5.97 Å². The van der Waals surface area contributed by atoms with Crippen LogP contribution in [-0.4, -0.2) is 27.3 Å². The number of esters is 1. The number of benzene rings is 2. The first kappa shape index (κ1) is 19.9. The number of amides is 2. The number of hydrogen-bond acceptors (Lipinski definition) is 7. The quantitative estimate of drug-likeness (QED) is 0.596. The molecule has 7 nitrogen and oxygen atoms in total. The summed E-state index contributed by atoms with van der Waals surface area (Å²) in [6, 6.07) is 16.2. The minimum absolute atomic E-state index is 0.287. The molecule has 1 N–H and O–H groups in total. The van der Waals surface area contributed by atoms with E-state index in [0.29, 0.717) is 23.6 Å². The molecule has 30 heavy (non-hydrogen) atoms. The number of hydrogen-bond donors (Lipinski definition) is 1. The molecule has 3 aromatic rings. The molecule has 152 valence electrons. The molecule has 2 heterocycles. The molecule has 0 spiro atoms. The second-order valence-electron chi connectivity index (χ2n) is 6.78. The first-order valence-electron chi connectivity index (χ1n) is 9.32. The Bertz CT molecular complexity index is 1080. The number of aromatic nitrogens is 1. The van der Waals surface area contributed by atoms with Gasteiger partial charge in [0.2, 0.25) is 11.8 Å². The number of oxazole rings is 1. The van der Waals surface area contributed by atoms with Crippen molar-refractivity contribution >= 4 is 28.9 Å². The fraction of sp³-hybridized carbons (Fsp3) is 0.182. The van der Waals surface area contributed by atoms with Gasteiger partial charge in [-0.2, -0.15) is 0 Å². The summed E-state index contributed by atoms with van der Waals surface area (Å²) < 4.78 is 11.0. The molecular formula is C22H18N2O5S. The Morgan fingerprint density at radius 3 is 2.57 bits per heavy atom. The van der Waals surface area contributed by atoms with E-state index in [1.54, 1.807) is 31.2 Å². The summed E-state index contributed by atoms with van der Waals surface area (Å²) in [5, 5.41) is 1.49. The van der Waals surface area contributed by atoms with Crippen LogP contribution in [0.4, 0.5) is 4.79 Å². The van der Waals surface area contributed by atoms with Gasteiger partial charge in [-0.1, -0.05) is 42.1 Å². The van der Waals surface area contributed by atoms with Gasteiger partial charge < -0.3 is 9.15 Å². The van der Waals surface area contributed by atoms with Crippen molar-refractivity contribution in [3.63, 3.8) is 0 Å². The third kappa shape index (κ3) is 4.44. The van der Waals surface area contributed by atoms with E-state index < -0.39 is 17.3 Å². The summed E-state index contributed by atoms with van der Waals surface area (Å²) in [5.74, 6) is -0.309. The molecule has 4 rings (SSSR count). The Hall–Kier alpha value is -3.39. The predicted molar refractivity (Wildman–Crippen MR) is 111 cm³/mol. The first-order chi connectivity index (χ1) is 14.5. The molecular weight excluding hydrogens is 404 g/mol. The largest absolute Gasteiger partial charge is 0.452 e. The van der Waals surface area contributed by atoms with E-state index in [-0.39, 0.29) is 11.1 Å². The van der Waals surface area contributed by atoms with Crippen molar-refractivity contribution in [2.45, 2.75) is 24.7 Å². The van der Waals surface area contributed by atoms with Crippen LogP contribution in [0, 0.1) is 0 Å². The molecule has 0 saturated carbocycles. The Labute approximate surface area is 176 Å². The number of thioether (sulfide) groups is 1. The molecule has 1 aliphatic rings. The molecule has 0 radical (unpaired) electrons. The van der Waals surface area contributed by atoms with Gasteiger partial charge in [-0.05, 0) is 43.2 Å². The van der Waals surface area contributed by atoms with Crippen LogP contribution in [0.15, 0.2) is 65.3 Å². The molecule has 1 fully saturated rings. The van der Waals surface area contributed by atoms with Gasteiger partial charge in [0.05, 0.1) is 10.8 Å². The minimum Gasteiger partial charge on any atom is -0.452 e. The van der Waals surface area contributed by atoms with Gasteiger partial charge in [0.15, 0.2) is 0 Å². The fourth-order valence-corrected chi connectivity index (χ4v) is 3.85. The molecule has 1 aromatic heterocycles. The van der Waals surface area contributed by atoms with E-state index in [2.05, 4.69) is 10.3 Å². The van der Waals surface area contributed by atoms with Gasteiger partial charge in [-0.15, -0.1) is 0 Å². The fourth-order valence-electron chi connectivity index (χ4n) is 2.99. The van der Waals surface area contributed by atoms with Gasteiger partial charge in [0, 0.05) is 5.56 Å². The monoisotopic (exact) mass is 422 g/mol. The van der Waals surface area contributed by atoms with E-state index in [4.69, 9.17) is 9.15 Å². The average molecular weight is 422 g/mol. The van der Waals surface area contributed by atoms with E-state index in [9.17, 15) is 14.4 Å². The summed E-state index contributed by atoms with van der Waals surface area (Å²) in [4.78, 5) is 39.8. The average Bonchev–Trinajstić information content (AvgIpc) is 3.36. The highest BCUT2D eigenvalue weighted by Gasteiger charge is 2.31. The molecule has 2 unspecified atom stereocenters. The lowest BCUT2D eigenvalue weighted by atomic mass is 10.1. The van der Waals surface area contributed by atoms with Crippen LogP contribution in [0.25, 0.3) is 11.5 Å². The van der Waals surface area contributed by atoms with Crippen LogP contribution in [-0.2, 0) is 16.0 Å². The van der Waals surface area contributed by atoms with E-state index >= 15 is 0 Å². The Kier molecular flexibility index (Phi) is 5.67. The normalized spacial score (nSPS) is 16.9. The van der Waals surface area contributed by atoms with Crippen molar-refractivity contribution in [2.24, 2.45) is 0 Å². The predicted octanol–water partition coefficient (Wildman–Crippen LogP) is 4.15. The molecule has 2 aromatic carbocycles. The molecule has 1 aliphatic heterocycles. The van der Waals surface area contributed by atoms with Gasteiger partial charge in [-0.25, -0.2) is 9.78 Å². The van der Waals surface area contributed by atoms with Crippen molar-refractivity contribution in [3.05, 3.63) is 77.7 Å². The number of rotatable bonds is 6. The van der Waals surface area contributed by atoms with Crippen molar-refractivity contribution in [2.75, 3.05) is 0 Å². The van der Waals surface area contributed by atoms with E-state index in [0.717, 1.165) is 22.9 Å². The summed E-state index contributed by atoms with van der Waals surface area (Å²) >= 11 is 0.978. The smallest absolute Gasteiger partial charge is 0.338 e. The Morgan fingerprint density at radius 1 is 1.17 bits per heavy atom. The van der Waals surface area contributed by atoms with Crippen molar-refractivity contribution in [3.8, 4) is 11.5 Å². The number of ether oxygens (including phenoxy) is 1.